The Morgan fingerprint density at radius 2 is 2.12 bits per heavy atom. The number of ketones is 1. The molecule has 2 aliphatic heterocycles. The molecule has 0 saturated heterocycles. The van der Waals surface area contributed by atoms with Gasteiger partial charge in [0, 0.05) is 11.4 Å². The molecule has 7 nitrogen and oxygen atoms in total. The number of aryl methyl sites for hydroxylation is 1. The fourth-order valence-corrected chi connectivity index (χ4v) is 5.26. The molecule has 2 aromatic rings. The van der Waals surface area contributed by atoms with Gasteiger partial charge < -0.3 is 14.0 Å². The lowest BCUT2D eigenvalue weighted by molar-refractivity contribution is -0.132. The summed E-state index contributed by atoms with van der Waals surface area (Å²) in [6.45, 7) is 7.82. The molecule has 0 N–H and O–H groups in total. The van der Waals surface area contributed by atoms with E-state index in [-0.39, 0.29) is 34.9 Å². The van der Waals surface area contributed by atoms with Crippen LogP contribution in [0.5, 0.6) is 5.75 Å². The molecule has 5 rings (SSSR count). The molecule has 8 heteroatoms. The number of rotatable bonds is 5. The Morgan fingerprint density at radius 1 is 1.30 bits per heavy atom. The van der Waals surface area contributed by atoms with Crippen molar-refractivity contribution in [3.8, 4) is 5.75 Å². The summed E-state index contributed by atoms with van der Waals surface area (Å²) in [6.07, 6.45) is 2.46. The minimum atomic E-state index is -0.703. The van der Waals surface area contributed by atoms with Gasteiger partial charge in [0.1, 0.15) is 24.2 Å². The molecule has 3 heterocycles. The second-order valence-electron chi connectivity index (χ2n) is 8.88. The van der Waals surface area contributed by atoms with Crippen LogP contribution in [0.2, 0.25) is 0 Å². The Bertz CT molecular complexity index is 1160. The number of halogens is 1. The smallest absolute Gasteiger partial charge is 0.295 e. The predicted molar refractivity (Wildman–Crippen MR) is 122 cm³/mol. The molecule has 0 spiro atoms. The largest absolute Gasteiger partial charge is 0.490 e. The van der Waals surface area contributed by atoms with E-state index in [1.807, 2.05) is 31.2 Å². The first kappa shape index (κ1) is 21.8. The minimum absolute atomic E-state index is 0.0859. The van der Waals surface area contributed by atoms with Crippen LogP contribution in [0.3, 0.4) is 0 Å². The second kappa shape index (κ2) is 8.37. The van der Waals surface area contributed by atoms with Crippen LogP contribution in [0.15, 0.2) is 58.8 Å². The summed E-state index contributed by atoms with van der Waals surface area (Å²) in [6, 6.07) is 8.31. The quantitative estimate of drug-likeness (QED) is 0.474. The van der Waals surface area contributed by atoms with Crippen LogP contribution in [-0.2, 0) is 14.3 Å². The zero-order valence-electron chi connectivity index (χ0n) is 18.5. The van der Waals surface area contributed by atoms with E-state index in [0.717, 1.165) is 5.56 Å². The Hall–Kier alpha value is -3.06. The zero-order chi connectivity index (χ0) is 23.3. The van der Waals surface area contributed by atoms with Gasteiger partial charge in [0.2, 0.25) is 0 Å². The number of hydrogen-bond donors (Lipinski definition) is 0. The van der Waals surface area contributed by atoms with Gasteiger partial charge >= 0.3 is 0 Å². The number of hydrogen-bond acceptors (Lipinski definition) is 6. The maximum Gasteiger partial charge on any atom is 0.295 e. The maximum absolute atomic E-state index is 13.8. The number of aromatic nitrogens is 1. The first-order valence-corrected chi connectivity index (χ1v) is 11.5. The molecule has 0 bridgehead atoms. The van der Waals surface area contributed by atoms with Crippen molar-refractivity contribution < 1.29 is 23.6 Å². The van der Waals surface area contributed by atoms with Gasteiger partial charge in [-0.2, -0.15) is 0 Å². The Balaban J connectivity index is 1.61. The van der Waals surface area contributed by atoms with Crippen molar-refractivity contribution in [1.82, 2.24) is 5.16 Å². The van der Waals surface area contributed by atoms with Gasteiger partial charge in [0.25, 0.3) is 5.91 Å². The molecular formula is C25H25ClN2O5. The number of nitrogens with zero attached hydrogens (tertiary/aromatic N) is 2. The van der Waals surface area contributed by atoms with Gasteiger partial charge in [-0.05, 0) is 43.4 Å². The number of alkyl halides is 1. The summed E-state index contributed by atoms with van der Waals surface area (Å²) in [5, 5.41) is 3.95. The van der Waals surface area contributed by atoms with Gasteiger partial charge in [-0.3, -0.25) is 14.5 Å². The van der Waals surface area contributed by atoms with Crippen LogP contribution in [0.25, 0.3) is 0 Å². The van der Waals surface area contributed by atoms with E-state index >= 15 is 0 Å². The molecule has 0 radical (unpaired) electrons. The fraction of sp³-hybridized carbons (Fsp3) is 0.400. The molecule has 3 aliphatic rings. The number of benzene rings is 1. The number of carbonyl (C=O) groups is 2. The molecule has 33 heavy (non-hydrogen) atoms. The summed E-state index contributed by atoms with van der Waals surface area (Å²) in [7, 11) is 0. The van der Waals surface area contributed by atoms with Gasteiger partial charge in [-0.1, -0.05) is 36.9 Å². The molecule has 1 fully saturated rings. The third kappa shape index (κ3) is 3.64. The zero-order valence-corrected chi connectivity index (χ0v) is 19.2. The maximum atomic E-state index is 13.8. The molecule has 1 aromatic carbocycles. The van der Waals surface area contributed by atoms with E-state index in [4.69, 9.17) is 25.6 Å². The van der Waals surface area contributed by atoms with Crippen molar-refractivity contribution in [2.75, 3.05) is 11.5 Å². The Morgan fingerprint density at radius 3 is 2.85 bits per heavy atom. The fourth-order valence-electron chi connectivity index (χ4n) is 4.97. The first-order chi connectivity index (χ1) is 15.9. The SMILES string of the molecule is C=CCOc1cccc(C2C3=C(OC4CC(C)C(Cl)CC4C3=O)C(=O)N2c2cc(C)on2)c1. The van der Waals surface area contributed by atoms with Crippen molar-refractivity contribution in [2.45, 2.75) is 44.2 Å². The molecular weight excluding hydrogens is 444 g/mol. The van der Waals surface area contributed by atoms with E-state index in [0.29, 0.717) is 42.3 Å². The van der Waals surface area contributed by atoms with Crippen molar-refractivity contribution in [2.24, 2.45) is 11.8 Å². The average molecular weight is 469 g/mol. The van der Waals surface area contributed by atoms with Crippen molar-refractivity contribution >= 4 is 29.1 Å². The lowest BCUT2D eigenvalue weighted by atomic mass is 9.74. The number of ether oxygens (including phenoxy) is 2. The summed E-state index contributed by atoms with van der Waals surface area (Å²) in [4.78, 5) is 28.9. The van der Waals surface area contributed by atoms with Crippen molar-refractivity contribution in [3.05, 3.63) is 65.6 Å². The predicted octanol–water partition coefficient (Wildman–Crippen LogP) is 4.51. The number of anilines is 1. The molecule has 1 aromatic heterocycles. The van der Waals surface area contributed by atoms with Crippen LogP contribution in [-0.4, -0.2) is 34.9 Å². The normalized spacial score (nSPS) is 28.9. The van der Waals surface area contributed by atoms with Crippen LogP contribution >= 0.6 is 11.6 Å². The van der Waals surface area contributed by atoms with Gasteiger partial charge in [0.05, 0.1) is 17.5 Å². The highest BCUT2D eigenvalue weighted by molar-refractivity contribution is 6.21. The summed E-state index contributed by atoms with van der Waals surface area (Å²) >= 11 is 6.53. The lowest BCUT2D eigenvalue weighted by Gasteiger charge is -2.39. The van der Waals surface area contributed by atoms with Crippen LogP contribution < -0.4 is 9.64 Å². The molecule has 1 amide bonds. The third-order valence-electron chi connectivity index (χ3n) is 6.61. The Kier molecular flexibility index (Phi) is 5.52. The number of amides is 1. The van der Waals surface area contributed by atoms with Crippen LogP contribution in [0.1, 0.15) is 37.1 Å². The number of fused-ring (bicyclic) bond motifs is 1. The van der Waals surface area contributed by atoms with E-state index < -0.39 is 11.9 Å². The molecule has 172 valence electrons. The van der Waals surface area contributed by atoms with Crippen molar-refractivity contribution in [3.63, 3.8) is 0 Å². The summed E-state index contributed by atoms with van der Waals surface area (Å²) < 4.78 is 17.2. The average Bonchev–Trinajstić information content (AvgIpc) is 3.35. The molecule has 5 atom stereocenters. The van der Waals surface area contributed by atoms with Gasteiger partial charge in [0.15, 0.2) is 17.4 Å². The number of Topliss-reactive ketones (excluding diaryl/α,β-unsaturated/α-hetero) is 1. The summed E-state index contributed by atoms with van der Waals surface area (Å²) in [5.74, 6) is 0.941. The highest BCUT2D eigenvalue weighted by Gasteiger charge is 2.54. The standard InChI is InChI=1S/C25H25ClN2O5/c1-4-8-31-16-7-5-6-15(11-16)22-21-23(29)17-12-18(26)13(2)9-19(17)32-24(21)25(30)28(22)20-10-14(3)33-27-20/h4-7,10-11,13,17-19,22H,1,8-9,12H2,2-3H3. The van der Waals surface area contributed by atoms with E-state index in [9.17, 15) is 9.59 Å². The van der Waals surface area contributed by atoms with E-state index in [1.54, 1.807) is 19.1 Å². The highest BCUT2D eigenvalue weighted by atomic mass is 35.5. The molecule has 1 aliphatic carbocycles. The minimum Gasteiger partial charge on any atom is -0.490 e. The van der Waals surface area contributed by atoms with Crippen LogP contribution in [0.4, 0.5) is 5.82 Å². The number of carbonyl (C=O) groups excluding carboxylic acids is 2. The Labute approximate surface area is 197 Å². The van der Waals surface area contributed by atoms with Crippen LogP contribution in [0, 0.1) is 18.8 Å². The molecule has 1 saturated carbocycles. The van der Waals surface area contributed by atoms with Gasteiger partial charge in [-0.25, -0.2) is 0 Å². The van der Waals surface area contributed by atoms with E-state index in [1.165, 1.54) is 4.90 Å². The van der Waals surface area contributed by atoms with Gasteiger partial charge in [-0.15, -0.1) is 11.6 Å². The first-order valence-electron chi connectivity index (χ1n) is 11.1. The van der Waals surface area contributed by atoms with E-state index in [2.05, 4.69) is 11.7 Å². The highest BCUT2D eigenvalue weighted by Crippen LogP contribution is 2.49. The third-order valence-corrected chi connectivity index (χ3v) is 7.22. The van der Waals surface area contributed by atoms with Crippen molar-refractivity contribution in [1.29, 1.82) is 0 Å². The summed E-state index contributed by atoms with van der Waals surface area (Å²) in [5.41, 5.74) is 1.07. The molecule has 5 unspecified atom stereocenters. The lowest BCUT2D eigenvalue weighted by Crippen LogP contribution is -2.44. The topological polar surface area (TPSA) is 81.9 Å². The second-order valence-corrected chi connectivity index (χ2v) is 9.44. The monoisotopic (exact) mass is 468 g/mol.